The van der Waals surface area contributed by atoms with Crippen LogP contribution in [0, 0.1) is 0 Å². The number of benzene rings is 2. The zero-order valence-corrected chi connectivity index (χ0v) is 13.1. The maximum absolute atomic E-state index is 11.0. The standard InChI is InChI=1S/C16H15BrO4/c1-19-14-3-2-4-15(10-14)20-7-8-21-16-6-5-13(17)9-12(16)11-18/h2-6,9-11H,7-8H2,1H3. The normalized spacial score (nSPS) is 10.0. The predicted octanol–water partition coefficient (Wildman–Crippen LogP) is 3.73. The minimum Gasteiger partial charge on any atom is -0.497 e. The molecule has 0 spiro atoms. The van der Waals surface area contributed by atoms with E-state index in [4.69, 9.17) is 14.2 Å². The molecule has 0 amide bonds. The van der Waals surface area contributed by atoms with E-state index in [-0.39, 0.29) is 0 Å². The lowest BCUT2D eigenvalue weighted by Gasteiger charge is -2.10. The highest BCUT2D eigenvalue weighted by Crippen LogP contribution is 2.22. The third-order valence-corrected chi connectivity index (χ3v) is 3.24. The summed E-state index contributed by atoms with van der Waals surface area (Å²) in [6.07, 6.45) is 0.767. The third-order valence-electron chi connectivity index (χ3n) is 2.75. The Morgan fingerprint density at radius 2 is 1.81 bits per heavy atom. The maximum atomic E-state index is 11.0. The maximum Gasteiger partial charge on any atom is 0.153 e. The van der Waals surface area contributed by atoms with Crippen molar-refractivity contribution in [2.24, 2.45) is 0 Å². The Kier molecular flexibility index (Phi) is 5.63. The van der Waals surface area contributed by atoms with E-state index in [0.29, 0.717) is 30.3 Å². The number of hydrogen-bond acceptors (Lipinski definition) is 4. The minimum atomic E-state index is 0.347. The van der Waals surface area contributed by atoms with Gasteiger partial charge in [0.2, 0.25) is 0 Å². The quantitative estimate of drug-likeness (QED) is 0.563. The summed E-state index contributed by atoms with van der Waals surface area (Å²) in [5, 5.41) is 0. The van der Waals surface area contributed by atoms with Crippen LogP contribution in [0.2, 0.25) is 0 Å². The number of aldehydes is 1. The lowest BCUT2D eigenvalue weighted by Crippen LogP contribution is -2.10. The van der Waals surface area contributed by atoms with Crippen molar-refractivity contribution in [2.45, 2.75) is 0 Å². The Morgan fingerprint density at radius 3 is 2.57 bits per heavy atom. The summed E-state index contributed by atoms with van der Waals surface area (Å²) in [7, 11) is 1.61. The summed E-state index contributed by atoms with van der Waals surface area (Å²) < 4.78 is 17.1. The van der Waals surface area contributed by atoms with E-state index in [1.165, 1.54) is 0 Å². The van der Waals surface area contributed by atoms with Gasteiger partial charge in [0, 0.05) is 10.5 Å². The average Bonchev–Trinajstić information content (AvgIpc) is 2.52. The van der Waals surface area contributed by atoms with Gasteiger partial charge in [-0.2, -0.15) is 0 Å². The van der Waals surface area contributed by atoms with Crippen molar-refractivity contribution in [1.29, 1.82) is 0 Å². The van der Waals surface area contributed by atoms with Gasteiger partial charge < -0.3 is 14.2 Å². The average molecular weight is 351 g/mol. The molecule has 0 radical (unpaired) electrons. The molecule has 4 nitrogen and oxygen atoms in total. The van der Waals surface area contributed by atoms with E-state index in [1.54, 1.807) is 25.3 Å². The van der Waals surface area contributed by atoms with Gasteiger partial charge in [-0.15, -0.1) is 0 Å². The van der Waals surface area contributed by atoms with E-state index in [2.05, 4.69) is 15.9 Å². The van der Waals surface area contributed by atoms with E-state index in [1.807, 2.05) is 24.3 Å². The highest BCUT2D eigenvalue weighted by atomic mass is 79.9. The van der Waals surface area contributed by atoms with Crippen molar-refractivity contribution < 1.29 is 19.0 Å². The molecule has 0 aliphatic rings. The van der Waals surface area contributed by atoms with Gasteiger partial charge in [-0.1, -0.05) is 22.0 Å². The van der Waals surface area contributed by atoms with Crippen molar-refractivity contribution in [3.8, 4) is 17.2 Å². The molecule has 2 aromatic rings. The number of methoxy groups -OCH3 is 1. The second-order valence-corrected chi connectivity index (χ2v) is 5.09. The molecule has 2 rings (SSSR count). The van der Waals surface area contributed by atoms with Crippen LogP contribution in [0.25, 0.3) is 0 Å². The molecular weight excluding hydrogens is 336 g/mol. The van der Waals surface area contributed by atoms with Crippen LogP contribution in [0.3, 0.4) is 0 Å². The molecule has 0 aliphatic heterocycles. The molecular formula is C16H15BrO4. The van der Waals surface area contributed by atoms with Crippen molar-refractivity contribution in [3.05, 3.63) is 52.5 Å². The molecule has 110 valence electrons. The highest BCUT2D eigenvalue weighted by Gasteiger charge is 2.04. The number of carbonyl (C=O) groups is 1. The van der Waals surface area contributed by atoms with Crippen molar-refractivity contribution >= 4 is 22.2 Å². The zero-order valence-electron chi connectivity index (χ0n) is 11.5. The molecule has 5 heteroatoms. The monoisotopic (exact) mass is 350 g/mol. The lowest BCUT2D eigenvalue weighted by molar-refractivity contribution is 0.111. The largest absolute Gasteiger partial charge is 0.497 e. The van der Waals surface area contributed by atoms with Crippen LogP contribution in [0.1, 0.15) is 10.4 Å². The first-order valence-corrected chi connectivity index (χ1v) is 7.16. The fourth-order valence-electron chi connectivity index (χ4n) is 1.74. The van der Waals surface area contributed by atoms with Gasteiger partial charge >= 0.3 is 0 Å². The van der Waals surface area contributed by atoms with Crippen LogP contribution < -0.4 is 14.2 Å². The zero-order chi connectivity index (χ0) is 15.1. The molecule has 0 fully saturated rings. The number of halogens is 1. The first-order chi connectivity index (χ1) is 10.2. The summed E-state index contributed by atoms with van der Waals surface area (Å²) in [6, 6.07) is 12.6. The minimum absolute atomic E-state index is 0.347. The van der Waals surface area contributed by atoms with Gasteiger partial charge in [-0.05, 0) is 30.3 Å². The highest BCUT2D eigenvalue weighted by molar-refractivity contribution is 9.10. The molecule has 0 atom stereocenters. The lowest BCUT2D eigenvalue weighted by atomic mass is 10.2. The van der Waals surface area contributed by atoms with Crippen molar-refractivity contribution in [1.82, 2.24) is 0 Å². The fraction of sp³-hybridized carbons (Fsp3) is 0.188. The van der Waals surface area contributed by atoms with Gasteiger partial charge in [-0.25, -0.2) is 0 Å². The summed E-state index contributed by atoms with van der Waals surface area (Å²) in [5.74, 6) is 2.00. The van der Waals surface area contributed by atoms with Crippen LogP contribution in [-0.2, 0) is 0 Å². The molecule has 21 heavy (non-hydrogen) atoms. The van der Waals surface area contributed by atoms with Gasteiger partial charge in [0.15, 0.2) is 6.29 Å². The van der Waals surface area contributed by atoms with Gasteiger partial charge in [0.1, 0.15) is 30.5 Å². The smallest absolute Gasteiger partial charge is 0.153 e. The molecule has 0 unspecified atom stereocenters. The summed E-state index contributed by atoms with van der Waals surface area (Å²) in [6.45, 7) is 0.723. The topological polar surface area (TPSA) is 44.8 Å². The van der Waals surface area contributed by atoms with Gasteiger partial charge in [-0.3, -0.25) is 4.79 Å². The SMILES string of the molecule is COc1cccc(OCCOc2ccc(Br)cc2C=O)c1. The van der Waals surface area contributed by atoms with Crippen LogP contribution in [0.4, 0.5) is 0 Å². The Balaban J connectivity index is 1.85. The van der Waals surface area contributed by atoms with Crippen molar-refractivity contribution in [3.63, 3.8) is 0 Å². The predicted molar refractivity (Wildman–Crippen MR) is 83.5 cm³/mol. The Labute approximate surface area is 131 Å². The molecule has 0 saturated heterocycles. The summed E-state index contributed by atoms with van der Waals surface area (Å²) >= 11 is 3.31. The van der Waals surface area contributed by atoms with E-state index in [0.717, 1.165) is 16.5 Å². The van der Waals surface area contributed by atoms with Crippen molar-refractivity contribution in [2.75, 3.05) is 20.3 Å². The molecule has 0 bridgehead atoms. The Morgan fingerprint density at radius 1 is 1.05 bits per heavy atom. The molecule has 0 N–H and O–H groups in total. The van der Waals surface area contributed by atoms with Crippen LogP contribution in [-0.4, -0.2) is 26.6 Å². The number of ether oxygens (including phenoxy) is 3. The number of rotatable bonds is 7. The summed E-state index contributed by atoms with van der Waals surface area (Å²) in [4.78, 5) is 11.0. The fourth-order valence-corrected chi connectivity index (χ4v) is 2.12. The molecule has 2 aromatic carbocycles. The van der Waals surface area contributed by atoms with Crippen LogP contribution in [0.5, 0.6) is 17.2 Å². The van der Waals surface area contributed by atoms with E-state index in [9.17, 15) is 4.79 Å². The van der Waals surface area contributed by atoms with E-state index < -0.39 is 0 Å². The molecule has 0 aliphatic carbocycles. The first-order valence-electron chi connectivity index (χ1n) is 6.37. The molecule has 0 saturated carbocycles. The Bertz CT molecular complexity index is 613. The third kappa shape index (κ3) is 4.49. The number of carbonyl (C=O) groups excluding carboxylic acids is 1. The van der Waals surface area contributed by atoms with Gasteiger partial charge in [0.25, 0.3) is 0 Å². The van der Waals surface area contributed by atoms with Gasteiger partial charge in [0.05, 0.1) is 12.7 Å². The van der Waals surface area contributed by atoms with Crippen LogP contribution in [0.15, 0.2) is 46.9 Å². The number of hydrogen-bond donors (Lipinski definition) is 0. The van der Waals surface area contributed by atoms with E-state index >= 15 is 0 Å². The first kappa shape index (κ1) is 15.4. The second kappa shape index (κ2) is 7.69. The molecule has 0 heterocycles. The Hall–Kier alpha value is -2.01. The summed E-state index contributed by atoms with van der Waals surface area (Å²) in [5.41, 5.74) is 0.505. The second-order valence-electron chi connectivity index (χ2n) is 4.18. The molecule has 0 aromatic heterocycles. The van der Waals surface area contributed by atoms with Crippen LogP contribution >= 0.6 is 15.9 Å².